The number of rotatable bonds is 5. The molecular formula is C22H20N2O5. The molecule has 2 aromatic carbocycles. The zero-order valence-corrected chi connectivity index (χ0v) is 15.9. The molecule has 2 aliphatic heterocycles. The number of amides is 3. The third-order valence-electron chi connectivity index (χ3n) is 5.46. The summed E-state index contributed by atoms with van der Waals surface area (Å²) in [6.07, 6.45) is 0.0537. The number of nitrogens with zero attached hydrogens (tertiary/aromatic N) is 2. The van der Waals surface area contributed by atoms with E-state index in [4.69, 9.17) is 4.74 Å². The van der Waals surface area contributed by atoms with Crippen LogP contribution in [0.4, 0.5) is 0 Å². The predicted molar refractivity (Wildman–Crippen MR) is 103 cm³/mol. The van der Waals surface area contributed by atoms with Crippen molar-refractivity contribution in [3.63, 3.8) is 0 Å². The van der Waals surface area contributed by atoms with E-state index in [0.717, 1.165) is 10.5 Å². The van der Waals surface area contributed by atoms with Gasteiger partial charge in [0.25, 0.3) is 11.8 Å². The molecule has 0 aliphatic carbocycles. The molecule has 1 fully saturated rings. The summed E-state index contributed by atoms with van der Waals surface area (Å²) in [6, 6.07) is 15.9. The second-order valence-corrected chi connectivity index (χ2v) is 7.21. The molecule has 29 heavy (non-hydrogen) atoms. The van der Waals surface area contributed by atoms with Crippen LogP contribution in [0.1, 0.15) is 45.7 Å². The van der Waals surface area contributed by atoms with E-state index < -0.39 is 30.4 Å². The molecule has 2 aromatic rings. The fourth-order valence-electron chi connectivity index (χ4n) is 3.78. The molecule has 7 heteroatoms. The quantitative estimate of drug-likeness (QED) is 0.576. The summed E-state index contributed by atoms with van der Waals surface area (Å²) in [5.74, 6) is -2.30. The second-order valence-electron chi connectivity index (χ2n) is 7.21. The molecule has 0 aromatic heterocycles. The maximum Gasteiger partial charge on any atom is 0.313 e. The summed E-state index contributed by atoms with van der Waals surface area (Å²) < 4.78 is 5.23. The number of ether oxygens (including phenoxy) is 1. The van der Waals surface area contributed by atoms with Crippen LogP contribution in [-0.2, 0) is 14.3 Å². The monoisotopic (exact) mass is 392 g/mol. The van der Waals surface area contributed by atoms with Crippen LogP contribution in [0.2, 0.25) is 0 Å². The lowest BCUT2D eigenvalue weighted by Gasteiger charge is -2.25. The maximum atomic E-state index is 12.5. The molecule has 2 aliphatic rings. The van der Waals surface area contributed by atoms with E-state index >= 15 is 0 Å². The normalized spacial score (nSPS) is 19.5. The number of hydrogen-bond donors (Lipinski definition) is 0. The smallest absolute Gasteiger partial charge is 0.313 e. The minimum Gasteiger partial charge on any atom is -0.443 e. The fourth-order valence-corrected chi connectivity index (χ4v) is 3.78. The number of hydrogen-bond acceptors (Lipinski definition) is 5. The molecule has 0 saturated carbocycles. The highest BCUT2D eigenvalue weighted by Gasteiger charge is 2.40. The van der Waals surface area contributed by atoms with E-state index in [1.807, 2.05) is 37.3 Å². The van der Waals surface area contributed by atoms with Gasteiger partial charge in [0.05, 0.1) is 23.1 Å². The first-order valence-corrected chi connectivity index (χ1v) is 9.43. The number of imide groups is 1. The SMILES string of the molecule is C[C@@H](c1ccccc1)N1C[C@H](C(=O)OCN2C(=O)c3ccccc3C2=O)CC1=O. The summed E-state index contributed by atoms with van der Waals surface area (Å²) in [7, 11) is 0. The number of benzene rings is 2. The summed E-state index contributed by atoms with van der Waals surface area (Å²) in [6.45, 7) is 1.71. The molecular weight excluding hydrogens is 372 g/mol. The van der Waals surface area contributed by atoms with Gasteiger partial charge in [0.2, 0.25) is 5.91 Å². The fraction of sp³-hybridized carbons (Fsp3) is 0.273. The van der Waals surface area contributed by atoms with Crippen molar-refractivity contribution in [3.8, 4) is 0 Å². The van der Waals surface area contributed by atoms with Crippen LogP contribution >= 0.6 is 0 Å². The van der Waals surface area contributed by atoms with Crippen LogP contribution < -0.4 is 0 Å². The van der Waals surface area contributed by atoms with E-state index in [1.165, 1.54) is 0 Å². The number of likely N-dealkylation sites (tertiary alicyclic amines) is 1. The van der Waals surface area contributed by atoms with E-state index in [2.05, 4.69) is 0 Å². The van der Waals surface area contributed by atoms with Crippen molar-refractivity contribution >= 4 is 23.7 Å². The Morgan fingerprint density at radius 1 is 1.00 bits per heavy atom. The topological polar surface area (TPSA) is 84.0 Å². The molecule has 3 amide bonds. The summed E-state index contributed by atoms with van der Waals surface area (Å²) >= 11 is 0. The Hall–Kier alpha value is -3.48. The molecule has 2 atom stereocenters. The average molecular weight is 392 g/mol. The molecule has 4 rings (SSSR count). The number of fused-ring (bicyclic) bond motifs is 1. The van der Waals surface area contributed by atoms with E-state index in [0.29, 0.717) is 11.1 Å². The Morgan fingerprint density at radius 2 is 1.59 bits per heavy atom. The lowest BCUT2D eigenvalue weighted by Crippen LogP contribution is -2.35. The van der Waals surface area contributed by atoms with Gasteiger partial charge < -0.3 is 9.64 Å². The van der Waals surface area contributed by atoms with E-state index in [-0.39, 0.29) is 24.9 Å². The van der Waals surface area contributed by atoms with E-state index in [9.17, 15) is 19.2 Å². The highest BCUT2D eigenvalue weighted by atomic mass is 16.5. The molecule has 0 N–H and O–H groups in total. The zero-order valence-electron chi connectivity index (χ0n) is 15.9. The van der Waals surface area contributed by atoms with Gasteiger partial charge in [0, 0.05) is 13.0 Å². The molecule has 7 nitrogen and oxygen atoms in total. The van der Waals surface area contributed by atoms with Gasteiger partial charge in [-0.2, -0.15) is 0 Å². The number of carbonyl (C=O) groups is 4. The van der Waals surface area contributed by atoms with Gasteiger partial charge in [-0.05, 0) is 24.6 Å². The van der Waals surface area contributed by atoms with Crippen LogP contribution in [0.5, 0.6) is 0 Å². The van der Waals surface area contributed by atoms with Gasteiger partial charge in [-0.1, -0.05) is 42.5 Å². The average Bonchev–Trinajstić information content (AvgIpc) is 3.25. The summed E-state index contributed by atoms with van der Waals surface area (Å²) in [4.78, 5) is 52.2. The first-order valence-electron chi connectivity index (χ1n) is 9.43. The molecule has 1 saturated heterocycles. The predicted octanol–water partition coefficient (Wildman–Crippen LogP) is 2.39. The van der Waals surface area contributed by atoms with Crippen LogP contribution in [-0.4, -0.2) is 46.8 Å². The minimum absolute atomic E-state index is 0.0537. The lowest BCUT2D eigenvalue weighted by atomic mass is 10.1. The zero-order chi connectivity index (χ0) is 20.5. The summed E-state index contributed by atoms with van der Waals surface area (Å²) in [5, 5.41) is 0. The van der Waals surface area contributed by atoms with Crippen molar-refractivity contribution in [1.29, 1.82) is 0 Å². The van der Waals surface area contributed by atoms with Crippen molar-refractivity contribution in [2.45, 2.75) is 19.4 Å². The molecule has 0 radical (unpaired) electrons. The van der Waals surface area contributed by atoms with Crippen LogP contribution in [0.3, 0.4) is 0 Å². The Balaban J connectivity index is 1.37. The van der Waals surface area contributed by atoms with Crippen molar-refractivity contribution < 1.29 is 23.9 Å². The van der Waals surface area contributed by atoms with Gasteiger partial charge in [-0.3, -0.25) is 19.2 Å². The van der Waals surface area contributed by atoms with Crippen molar-refractivity contribution in [1.82, 2.24) is 9.80 Å². The van der Waals surface area contributed by atoms with Crippen LogP contribution in [0.25, 0.3) is 0 Å². The molecule has 0 bridgehead atoms. The van der Waals surface area contributed by atoms with Crippen molar-refractivity contribution in [2.75, 3.05) is 13.3 Å². The Kier molecular flexibility index (Phi) is 4.88. The van der Waals surface area contributed by atoms with Gasteiger partial charge >= 0.3 is 5.97 Å². The Morgan fingerprint density at radius 3 is 2.21 bits per heavy atom. The van der Waals surface area contributed by atoms with Crippen molar-refractivity contribution in [3.05, 3.63) is 71.3 Å². The highest BCUT2D eigenvalue weighted by molar-refractivity contribution is 6.21. The lowest BCUT2D eigenvalue weighted by molar-refractivity contribution is -0.151. The van der Waals surface area contributed by atoms with Gasteiger partial charge in [0.15, 0.2) is 6.73 Å². The first-order chi connectivity index (χ1) is 14.0. The van der Waals surface area contributed by atoms with Crippen molar-refractivity contribution in [2.24, 2.45) is 5.92 Å². The van der Waals surface area contributed by atoms with Gasteiger partial charge in [-0.15, -0.1) is 0 Å². The standard InChI is InChI=1S/C22H20N2O5/c1-14(15-7-3-2-4-8-15)23-12-16(11-19(23)25)22(28)29-13-24-20(26)17-9-5-6-10-18(17)21(24)27/h2-10,14,16H,11-13H2,1H3/t14-,16+/m0/s1. The molecule has 0 unspecified atom stereocenters. The molecule has 2 heterocycles. The Labute approximate surface area is 167 Å². The summed E-state index contributed by atoms with van der Waals surface area (Å²) in [5.41, 5.74) is 1.58. The van der Waals surface area contributed by atoms with Crippen LogP contribution in [0, 0.1) is 5.92 Å². The molecule has 0 spiro atoms. The minimum atomic E-state index is -0.621. The first kappa shape index (κ1) is 18.9. The largest absolute Gasteiger partial charge is 0.443 e. The second kappa shape index (κ2) is 7.50. The van der Waals surface area contributed by atoms with Gasteiger partial charge in [0.1, 0.15) is 0 Å². The third-order valence-corrected chi connectivity index (χ3v) is 5.46. The van der Waals surface area contributed by atoms with E-state index in [1.54, 1.807) is 29.2 Å². The number of esters is 1. The molecule has 148 valence electrons. The highest BCUT2D eigenvalue weighted by Crippen LogP contribution is 2.29. The third kappa shape index (κ3) is 3.40. The maximum absolute atomic E-state index is 12.5. The van der Waals surface area contributed by atoms with Gasteiger partial charge in [-0.25, -0.2) is 4.90 Å². The number of carbonyl (C=O) groups excluding carboxylic acids is 4. The Bertz CT molecular complexity index is 953. The van der Waals surface area contributed by atoms with Crippen LogP contribution in [0.15, 0.2) is 54.6 Å².